The lowest BCUT2D eigenvalue weighted by Gasteiger charge is -2.14. The number of rotatable bonds is 2. The molecule has 2 heterocycles. The molecular formula is C21H14F2N4O2S. The summed E-state index contributed by atoms with van der Waals surface area (Å²) in [5.41, 5.74) is -1.86. The van der Waals surface area contributed by atoms with Crippen molar-refractivity contribution in [1.29, 1.82) is 0 Å². The predicted octanol–water partition coefficient (Wildman–Crippen LogP) is 3.26. The first-order valence-electron chi connectivity index (χ1n) is 8.94. The molecule has 2 aromatic heterocycles. The molecule has 0 saturated heterocycles. The van der Waals surface area contributed by atoms with Crippen LogP contribution in [-0.4, -0.2) is 17.9 Å². The SMILES string of the molecule is CC(C)n1c(=O)n(-c2c(F)cc(C#Cc3ccccc3)cc2F)c(=O)c2nsnc21. The van der Waals surface area contributed by atoms with Crippen LogP contribution in [0.2, 0.25) is 0 Å². The number of nitrogens with zero attached hydrogens (tertiary/aromatic N) is 4. The maximum atomic E-state index is 14.9. The molecule has 0 fully saturated rings. The molecule has 0 unspecified atom stereocenters. The quantitative estimate of drug-likeness (QED) is 0.463. The number of benzene rings is 2. The highest BCUT2D eigenvalue weighted by atomic mass is 32.1. The van der Waals surface area contributed by atoms with Gasteiger partial charge in [0.25, 0.3) is 5.56 Å². The summed E-state index contributed by atoms with van der Waals surface area (Å²) in [6.45, 7) is 3.40. The molecule has 2 aromatic carbocycles. The standard InChI is InChI=1S/C21H14F2N4O2S/c1-12(2)26-19-17(24-30-25-19)20(28)27(21(26)29)18-15(22)10-14(11-16(18)23)9-8-13-6-4-3-5-7-13/h3-7,10-12H,1-2H3. The van der Waals surface area contributed by atoms with Crippen molar-refractivity contribution in [2.75, 3.05) is 0 Å². The molecule has 0 amide bonds. The molecule has 30 heavy (non-hydrogen) atoms. The van der Waals surface area contributed by atoms with Crippen molar-refractivity contribution in [1.82, 2.24) is 17.9 Å². The van der Waals surface area contributed by atoms with Crippen molar-refractivity contribution in [3.05, 3.63) is 86.1 Å². The molecule has 0 radical (unpaired) electrons. The molecule has 0 aliphatic heterocycles. The largest absolute Gasteiger partial charge is 0.337 e. The van der Waals surface area contributed by atoms with Crippen LogP contribution in [0.1, 0.15) is 31.0 Å². The Hall–Kier alpha value is -3.64. The summed E-state index contributed by atoms with van der Waals surface area (Å²) < 4.78 is 39.3. The highest BCUT2D eigenvalue weighted by Gasteiger charge is 2.23. The van der Waals surface area contributed by atoms with Gasteiger partial charge in [-0.1, -0.05) is 30.0 Å². The third-order valence-electron chi connectivity index (χ3n) is 4.38. The summed E-state index contributed by atoms with van der Waals surface area (Å²) in [5, 5.41) is 0. The van der Waals surface area contributed by atoms with Gasteiger partial charge in [0, 0.05) is 17.2 Å². The second kappa shape index (κ2) is 7.65. The minimum Gasteiger partial charge on any atom is -0.272 e. The van der Waals surface area contributed by atoms with E-state index in [0.29, 0.717) is 10.1 Å². The number of halogens is 2. The highest BCUT2D eigenvalue weighted by Crippen LogP contribution is 2.19. The Bertz CT molecular complexity index is 1420. The minimum atomic E-state index is -1.08. The summed E-state index contributed by atoms with van der Waals surface area (Å²) in [5.74, 6) is 3.33. The minimum absolute atomic E-state index is 0.0752. The molecule has 0 N–H and O–H groups in total. The number of hydrogen-bond acceptors (Lipinski definition) is 5. The first-order chi connectivity index (χ1) is 14.4. The smallest absolute Gasteiger partial charge is 0.272 e. The highest BCUT2D eigenvalue weighted by molar-refractivity contribution is 7.00. The van der Waals surface area contributed by atoms with E-state index in [2.05, 4.69) is 20.6 Å². The van der Waals surface area contributed by atoms with Crippen molar-refractivity contribution in [3.8, 4) is 17.5 Å². The Morgan fingerprint density at radius 3 is 2.23 bits per heavy atom. The van der Waals surface area contributed by atoms with Crippen molar-refractivity contribution in [3.63, 3.8) is 0 Å². The summed E-state index contributed by atoms with van der Waals surface area (Å²) >= 11 is 0.748. The van der Waals surface area contributed by atoms with Crippen LogP contribution in [0.15, 0.2) is 52.1 Å². The monoisotopic (exact) mass is 424 g/mol. The van der Waals surface area contributed by atoms with Gasteiger partial charge in [0.05, 0.1) is 11.7 Å². The van der Waals surface area contributed by atoms with Gasteiger partial charge in [-0.25, -0.2) is 18.1 Å². The van der Waals surface area contributed by atoms with Crippen LogP contribution < -0.4 is 11.2 Å². The van der Waals surface area contributed by atoms with E-state index < -0.39 is 34.6 Å². The third-order valence-corrected chi connectivity index (χ3v) is 4.90. The summed E-state index contributed by atoms with van der Waals surface area (Å²) in [4.78, 5) is 25.7. The molecule has 6 nitrogen and oxygen atoms in total. The van der Waals surface area contributed by atoms with Crippen LogP contribution >= 0.6 is 11.7 Å². The van der Waals surface area contributed by atoms with E-state index in [4.69, 9.17) is 0 Å². The second-order valence-electron chi connectivity index (χ2n) is 6.73. The fourth-order valence-electron chi connectivity index (χ4n) is 3.05. The first-order valence-corrected chi connectivity index (χ1v) is 9.68. The zero-order chi connectivity index (χ0) is 21.4. The Labute approximate surface area is 173 Å². The third kappa shape index (κ3) is 3.31. The van der Waals surface area contributed by atoms with Crippen LogP contribution in [0.3, 0.4) is 0 Å². The van der Waals surface area contributed by atoms with Crippen LogP contribution in [-0.2, 0) is 0 Å². The molecular weight excluding hydrogens is 410 g/mol. The fourth-order valence-corrected chi connectivity index (χ4v) is 3.58. The molecule has 150 valence electrons. The molecule has 0 aliphatic carbocycles. The van der Waals surface area contributed by atoms with Gasteiger partial charge in [-0.2, -0.15) is 8.75 Å². The average Bonchev–Trinajstić information content (AvgIpc) is 3.18. The van der Waals surface area contributed by atoms with Crippen LogP contribution in [0, 0.1) is 23.5 Å². The van der Waals surface area contributed by atoms with Crippen LogP contribution in [0.5, 0.6) is 0 Å². The lowest BCUT2D eigenvalue weighted by molar-refractivity contribution is 0.534. The number of fused-ring (bicyclic) bond motifs is 1. The van der Waals surface area contributed by atoms with E-state index in [9.17, 15) is 18.4 Å². The molecule has 0 bridgehead atoms. The molecule has 0 atom stereocenters. The van der Waals surface area contributed by atoms with E-state index in [1.54, 1.807) is 38.1 Å². The van der Waals surface area contributed by atoms with Gasteiger partial charge in [0.1, 0.15) is 5.69 Å². The second-order valence-corrected chi connectivity index (χ2v) is 7.26. The van der Waals surface area contributed by atoms with Gasteiger partial charge in [-0.3, -0.25) is 9.36 Å². The zero-order valence-corrected chi connectivity index (χ0v) is 16.7. The van der Waals surface area contributed by atoms with Crippen LogP contribution in [0.25, 0.3) is 16.9 Å². The van der Waals surface area contributed by atoms with Crippen molar-refractivity contribution < 1.29 is 8.78 Å². The lowest BCUT2D eigenvalue weighted by Crippen LogP contribution is -2.40. The van der Waals surface area contributed by atoms with E-state index in [0.717, 1.165) is 23.9 Å². The summed E-state index contributed by atoms with van der Waals surface area (Å²) in [6, 6.07) is 10.5. The number of hydrogen-bond donors (Lipinski definition) is 0. The van der Waals surface area contributed by atoms with Gasteiger partial charge in [0.15, 0.2) is 22.8 Å². The predicted molar refractivity (Wildman–Crippen MR) is 110 cm³/mol. The van der Waals surface area contributed by atoms with E-state index in [1.165, 1.54) is 4.57 Å². The molecule has 4 rings (SSSR count). The van der Waals surface area contributed by atoms with Gasteiger partial charge in [0.2, 0.25) is 0 Å². The van der Waals surface area contributed by atoms with E-state index >= 15 is 0 Å². The maximum Gasteiger partial charge on any atom is 0.337 e. The van der Waals surface area contributed by atoms with Gasteiger partial charge in [-0.05, 0) is 38.1 Å². The van der Waals surface area contributed by atoms with Crippen molar-refractivity contribution in [2.24, 2.45) is 0 Å². The lowest BCUT2D eigenvalue weighted by atomic mass is 10.1. The van der Waals surface area contributed by atoms with Crippen molar-refractivity contribution in [2.45, 2.75) is 19.9 Å². The zero-order valence-electron chi connectivity index (χ0n) is 15.9. The average molecular weight is 424 g/mol. The van der Waals surface area contributed by atoms with Gasteiger partial charge < -0.3 is 0 Å². The first kappa shape index (κ1) is 19.7. The van der Waals surface area contributed by atoms with E-state index in [-0.39, 0.29) is 16.7 Å². The molecule has 0 saturated carbocycles. The Morgan fingerprint density at radius 1 is 0.967 bits per heavy atom. The van der Waals surface area contributed by atoms with Gasteiger partial charge in [-0.15, -0.1) is 0 Å². The topological polar surface area (TPSA) is 69.8 Å². The molecule has 0 spiro atoms. The maximum absolute atomic E-state index is 14.9. The van der Waals surface area contributed by atoms with E-state index in [1.807, 2.05) is 6.07 Å². The molecule has 4 aromatic rings. The summed E-state index contributed by atoms with van der Waals surface area (Å²) in [6.07, 6.45) is 0. The Kier molecular flexibility index (Phi) is 5.01. The Balaban J connectivity index is 1.93. The van der Waals surface area contributed by atoms with Crippen LogP contribution in [0.4, 0.5) is 8.78 Å². The normalized spacial score (nSPS) is 11.0. The van der Waals surface area contributed by atoms with Gasteiger partial charge >= 0.3 is 5.69 Å². The summed E-state index contributed by atoms with van der Waals surface area (Å²) in [7, 11) is 0. The Morgan fingerprint density at radius 2 is 1.60 bits per heavy atom. The molecule has 0 aliphatic rings. The molecule has 9 heteroatoms. The number of aromatic nitrogens is 4. The fraction of sp³-hybridized carbons (Fsp3) is 0.143. The van der Waals surface area contributed by atoms with Crippen molar-refractivity contribution >= 4 is 22.9 Å².